The first-order valence-electron chi connectivity index (χ1n) is 10.6. The molecule has 5 nitrogen and oxygen atoms in total. The number of thioether (sulfide) groups is 1. The molecule has 6 heteroatoms. The molecule has 1 aliphatic heterocycles. The summed E-state index contributed by atoms with van der Waals surface area (Å²) >= 11 is 1.62. The summed E-state index contributed by atoms with van der Waals surface area (Å²) in [6.07, 6.45) is 0. The molecule has 32 heavy (non-hydrogen) atoms. The second-order valence-electron chi connectivity index (χ2n) is 7.91. The highest BCUT2D eigenvalue weighted by Crippen LogP contribution is 2.44. The largest absolute Gasteiger partial charge is 0.484 e. The van der Waals surface area contributed by atoms with E-state index in [4.69, 9.17) is 4.74 Å². The fourth-order valence-electron chi connectivity index (χ4n) is 3.72. The van der Waals surface area contributed by atoms with Crippen LogP contribution in [0, 0.1) is 0 Å². The zero-order chi connectivity index (χ0) is 22.5. The van der Waals surface area contributed by atoms with Crippen LogP contribution in [0.2, 0.25) is 0 Å². The van der Waals surface area contributed by atoms with Gasteiger partial charge in [-0.25, -0.2) is 0 Å². The number of rotatable bonds is 7. The van der Waals surface area contributed by atoms with Gasteiger partial charge in [0, 0.05) is 11.4 Å². The van der Waals surface area contributed by atoms with Gasteiger partial charge in [-0.15, -0.1) is 11.8 Å². The van der Waals surface area contributed by atoms with E-state index in [0.717, 1.165) is 16.8 Å². The predicted octanol–water partition coefficient (Wildman–Crippen LogP) is 5.61. The number of anilines is 2. The number of carbonyl (C=O) groups is 2. The van der Waals surface area contributed by atoms with Crippen molar-refractivity contribution >= 4 is 35.0 Å². The van der Waals surface area contributed by atoms with E-state index >= 15 is 0 Å². The van der Waals surface area contributed by atoms with Crippen LogP contribution >= 0.6 is 11.8 Å². The van der Waals surface area contributed by atoms with Crippen LogP contribution in [0.25, 0.3) is 0 Å². The molecular weight excluding hydrogens is 420 g/mol. The summed E-state index contributed by atoms with van der Waals surface area (Å²) in [6, 6.07) is 25.0. The summed E-state index contributed by atoms with van der Waals surface area (Å²) < 4.78 is 5.49. The fourth-order valence-corrected chi connectivity index (χ4v) is 4.89. The van der Waals surface area contributed by atoms with E-state index in [2.05, 4.69) is 25.2 Å². The van der Waals surface area contributed by atoms with Gasteiger partial charge in [0.15, 0.2) is 6.61 Å². The van der Waals surface area contributed by atoms with Crippen LogP contribution in [0.15, 0.2) is 78.9 Å². The lowest BCUT2D eigenvalue weighted by atomic mass is 10.00. The average molecular weight is 447 g/mol. The van der Waals surface area contributed by atoms with Crippen molar-refractivity contribution in [3.8, 4) is 5.75 Å². The van der Waals surface area contributed by atoms with Gasteiger partial charge in [0.05, 0.1) is 5.75 Å². The molecule has 0 aliphatic carbocycles. The van der Waals surface area contributed by atoms with Gasteiger partial charge >= 0.3 is 0 Å². The maximum Gasteiger partial charge on any atom is 0.262 e. The molecule has 0 unspecified atom stereocenters. The lowest BCUT2D eigenvalue weighted by molar-refractivity contribution is -0.118. The first-order chi connectivity index (χ1) is 15.5. The minimum absolute atomic E-state index is 0.0570. The van der Waals surface area contributed by atoms with Crippen LogP contribution in [-0.2, 0) is 9.59 Å². The SMILES string of the molecule is CC(C)c1ccccc1N1C(=O)CS[C@@H]1c1ccc(NC(=O)COc2ccccc2)cc1. The van der Waals surface area contributed by atoms with Crippen molar-refractivity contribution in [3.05, 3.63) is 90.0 Å². The Labute approximate surface area is 192 Å². The number of hydrogen-bond donors (Lipinski definition) is 1. The molecule has 0 spiro atoms. The molecule has 1 N–H and O–H groups in total. The van der Waals surface area contributed by atoms with Crippen molar-refractivity contribution in [3.63, 3.8) is 0 Å². The predicted molar refractivity (Wildman–Crippen MR) is 130 cm³/mol. The Morgan fingerprint density at radius 2 is 1.72 bits per heavy atom. The second kappa shape index (κ2) is 9.92. The van der Waals surface area contributed by atoms with Crippen molar-refractivity contribution in [1.29, 1.82) is 0 Å². The van der Waals surface area contributed by atoms with Crippen molar-refractivity contribution in [2.45, 2.75) is 25.1 Å². The van der Waals surface area contributed by atoms with Crippen LogP contribution in [0.3, 0.4) is 0 Å². The topological polar surface area (TPSA) is 58.6 Å². The molecule has 0 bridgehead atoms. The average Bonchev–Trinajstić information content (AvgIpc) is 3.20. The number of carbonyl (C=O) groups excluding carboxylic acids is 2. The number of hydrogen-bond acceptors (Lipinski definition) is 4. The van der Waals surface area contributed by atoms with Gasteiger partial charge in [-0.05, 0) is 47.4 Å². The van der Waals surface area contributed by atoms with Gasteiger partial charge in [0.2, 0.25) is 5.91 Å². The summed E-state index contributed by atoms with van der Waals surface area (Å²) in [5, 5.41) is 2.77. The van der Waals surface area contributed by atoms with E-state index in [1.54, 1.807) is 11.8 Å². The number of benzene rings is 3. The van der Waals surface area contributed by atoms with Crippen LogP contribution in [0.4, 0.5) is 11.4 Å². The lowest BCUT2D eigenvalue weighted by Gasteiger charge is -2.27. The fraction of sp³-hybridized carbons (Fsp3) is 0.231. The maximum atomic E-state index is 12.8. The monoisotopic (exact) mass is 446 g/mol. The highest BCUT2D eigenvalue weighted by Gasteiger charge is 2.35. The lowest BCUT2D eigenvalue weighted by Crippen LogP contribution is -2.29. The van der Waals surface area contributed by atoms with Crippen molar-refractivity contribution in [1.82, 2.24) is 0 Å². The van der Waals surface area contributed by atoms with Crippen molar-refractivity contribution < 1.29 is 14.3 Å². The molecule has 0 aromatic heterocycles. The first kappa shape index (κ1) is 22.0. The van der Waals surface area contributed by atoms with Gasteiger partial charge in [-0.1, -0.05) is 62.4 Å². The minimum atomic E-state index is -0.223. The Balaban J connectivity index is 1.45. The van der Waals surface area contributed by atoms with E-state index in [1.807, 2.05) is 77.7 Å². The van der Waals surface area contributed by atoms with Gasteiger partial charge in [0.25, 0.3) is 5.91 Å². The Kier molecular flexibility index (Phi) is 6.81. The second-order valence-corrected chi connectivity index (χ2v) is 8.98. The van der Waals surface area contributed by atoms with Gasteiger partial charge in [-0.2, -0.15) is 0 Å². The highest BCUT2D eigenvalue weighted by atomic mass is 32.2. The molecule has 1 atom stereocenters. The van der Waals surface area contributed by atoms with Crippen LogP contribution in [-0.4, -0.2) is 24.2 Å². The first-order valence-corrected chi connectivity index (χ1v) is 11.7. The van der Waals surface area contributed by atoms with Gasteiger partial charge in [0.1, 0.15) is 11.1 Å². The van der Waals surface area contributed by atoms with E-state index in [1.165, 1.54) is 0 Å². The third-order valence-corrected chi connectivity index (χ3v) is 6.49. The molecule has 1 aliphatic rings. The summed E-state index contributed by atoms with van der Waals surface area (Å²) in [5.74, 6) is 1.32. The number of ether oxygens (including phenoxy) is 1. The Morgan fingerprint density at radius 3 is 2.44 bits per heavy atom. The summed E-state index contributed by atoms with van der Waals surface area (Å²) in [6.45, 7) is 4.22. The third kappa shape index (κ3) is 4.97. The molecule has 1 heterocycles. The minimum Gasteiger partial charge on any atom is -0.484 e. The summed E-state index contributed by atoms with van der Waals surface area (Å²) in [7, 11) is 0. The Hall–Kier alpha value is -3.25. The zero-order valence-corrected chi connectivity index (χ0v) is 19.0. The zero-order valence-electron chi connectivity index (χ0n) is 18.2. The van der Waals surface area contributed by atoms with Crippen LogP contribution < -0.4 is 15.0 Å². The molecule has 1 saturated heterocycles. The number of nitrogens with zero attached hydrogens (tertiary/aromatic N) is 1. The molecule has 3 aromatic carbocycles. The van der Waals surface area contributed by atoms with E-state index < -0.39 is 0 Å². The molecule has 164 valence electrons. The van der Waals surface area contributed by atoms with Gasteiger partial charge in [-0.3, -0.25) is 14.5 Å². The summed E-state index contributed by atoms with van der Waals surface area (Å²) in [4.78, 5) is 26.9. The molecule has 4 rings (SSSR count). The normalized spacial score (nSPS) is 15.8. The maximum absolute atomic E-state index is 12.8. The number of nitrogens with one attached hydrogen (secondary N) is 1. The molecular formula is C26H26N2O3S. The number of amides is 2. The summed E-state index contributed by atoms with van der Waals surface area (Å²) in [5.41, 5.74) is 3.85. The van der Waals surface area contributed by atoms with E-state index in [-0.39, 0.29) is 23.8 Å². The quantitative estimate of drug-likeness (QED) is 0.513. The standard InChI is InChI=1S/C26H26N2O3S/c1-18(2)22-10-6-7-11-23(22)28-25(30)17-32-26(28)19-12-14-20(15-13-19)27-24(29)16-31-21-8-4-3-5-9-21/h3-15,18,26H,16-17H2,1-2H3,(H,27,29)/t26-/m1/s1. The molecule has 3 aromatic rings. The third-order valence-electron chi connectivity index (χ3n) is 5.28. The molecule has 0 radical (unpaired) electrons. The van der Waals surface area contributed by atoms with Crippen LogP contribution in [0.1, 0.15) is 36.3 Å². The smallest absolute Gasteiger partial charge is 0.262 e. The Bertz CT molecular complexity index is 1080. The highest BCUT2D eigenvalue weighted by molar-refractivity contribution is 8.00. The molecule has 2 amide bonds. The van der Waals surface area contributed by atoms with Crippen molar-refractivity contribution in [2.24, 2.45) is 0 Å². The van der Waals surface area contributed by atoms with E-state index in [9.17, 15) is 9.59 Å². The Morgan fingerprint density at radius 1 is 1.03 bits per heavy atom. The van der Waals surface area contributed by atoms with Crippen LogP contribution in [0.5, 0.6) is 5.75 Å². The van der Waals surface area contributed by atoms with Crippen molar-refractivity contribution in [2.75, 3.05) is 22.6 Å². The molecule has 0 saturated carbocycles. The van der Waals surface area contributed by atoms with Gasteiger partial charge < -0.3 is 10.1 Å². The number of para-hydroxylation sites is 2. The van der Waals surface area contributed by atoms with E-state index in [0.29, 0.717) is 23.1 Å². The molecule has 1 fully saturated rings.